The molecule has 0 fully saturated rings. The van der Waals surface area contributed by atoms with Crippen molar-refractivity contribution in [1.82, 2.24) is 10.2 Å². The molecule has 0 heterocycles. The number of hydrogen-bond acceptors (Lipinski definition) is 2. The largest absolute Gasteiger partial charge is 0.354 e. The molecule has 0 aliphatic carbocycles. The monoisotopic (exact) mass is 510 g/mol. The van der Waals surface area contributed by atoms with Gasteiger partial charge in [-0.05, 0) is 36.6 Å². The first-order valence-electron chi connectivity index (χ1n) is 12.0. The zero-order valence-electron chi connectivity index (χ0n) is 20.3. The smallest absolute Gasteiger partial charge is 0.243 e. The van der Waals surface area contributed by atoms with Crippen LogP contribution in [-0.4, -0.2) is 29.3 Å². The molecule has 0 aliphatic rings. The van der Waals surface area contributed by atoms with Gasteiger partial charge in [-0.2, -0.15) is 0 Å². The van der Waals surface area contributed by atoms with Crippen molar-refractivity contribution in [1.29, 1.82) is 0 Å². The minimum Gasteiger partial charge on any atom is -0.354 e. The molecule has 0 saturated carbocycles. The number of rotatable bonds is 11. The lowest BCUT2D eigenvalue weighted by Gasteiger charge is -2.32. The van der Waals surface area contributed by atoms with Gasteiger partial charge in [0.05, 0.1) is 6.42 Å². The van der Waals surface area contributed by atoms with Crippen LogP contribution in [0.2, 0.25) is 10.0 Å². The third kappa shape index (κ3) is 7.84. The van der Waals surface area contributed by atoms with E-state index in [1.165, 1.54) is 0 Å². The molecule has 0 bridgehead atoms. The summed E-state index contributed by atoms with van der Waals surface area (Å²) in [5.41, 5.74) is 3.62. The number of hydrogen-bond donors (Lipinski definition) is 1. The lowest BCUT2D eigenvalue weighted by atomic mass is 10.0. The molecule has 0 radical (unpaired) electrons. The first-order chi connectivity index (χ1) is 16.9. The SMILES string of the molecule is CCCCNC(=O)C(Cc1ccccc1)N(Cc1c(Cl)cccc1Cl)C(=O)Cc1ccc(C)cc1. The lowest BCUT2D eigenvalue weighted by Crippen LogP contribution is -2.51. The van der Waals surface area contributed by atoms with Crippen LogP contribution in [0.3, 0.4) is 0 Å². The van der Waals surface area contributed by atoms with Gasteiger partial charge >= 0.3 is 0 Å². The van der Waals surface area contributed by atoms with E-state index in [1.54, 1.807) is 23.1 Å². The van der Waals surface area contributed by atoms with Gasteiger partial charge in [-0.25, -0.2) is 0 Å². The van der Waals surface area contributed by atoms with E-state index in [9.17, 15) is 9.59 Å². The van der Waals surface area contributed by atoms with E-state index in [0.29, 0.717) is 28.6 Å². The number of nitrogens with zero attached hydrogens (tertiary/aromatic N) is 1. The Hall–Kier alpha value is -2.82. The first-order valence-corrected chi connectivity index (χ1v) is 12.7. The Kier molecular flexibility index (Phi) is 10.2. The second-order valence-corrected chi connectivity index (χ2v) is 9.55. The second-order valence-electron chi connectivity index (χ2n) is 8.73. The summed E-state index contributed by atoms with van der Waals surface area (Å²) in [6, 6.07) is 22.2. The predicted octanol–water partition coefficient (Wildman–Crippen LogP) is 6.40. The zero-order valence-corrected chi connectivity index (χ0v) is 21.8. The highest BCUT2D eigenvalue weighted by molar-refractivity contribution is 6.36. The fraction of sp³-hybridized carbons (Fsp3) is 0.310. The van der Waals surface area contributed by atoms with Crippen LogP contribution >= 0.6 is 23.2 Å². The normalized spacial score (nSPS) is 11.7. The second kappa shape index (κ2) is 13.3. The van der Waals surface area contributed by atoms with Gasteiger partial charge in [0.1, 0.15) is 6.04 Å². The molecule has 2 amide bonds. The molecule has 3 aromatic carbocycles. The van der Waals surface area contributed by atoms with E-state index in [4.69, 9.17) is 23.2 Å². The highest BCUT2D eigenvalue weighted by Crippen LogP contribution is 2.27. The van der Waals surface area contributed by atoms with Crippen molar-refractivity contribution in [3.8, 4) is 0 Å². The predicted molar refractivity (Wildman–Crippen MR) is 144 cm³/mol. The van der Waals surface area contributed by atoms with Crippen molar-refractivity contribution in [3.05, 3.63) is 105 Å². The van der Waals surface area contributed by atoms with Gasteiger partial charge < -0.3 is 10.2 Å². The fourth-order valence-electron chi connectivity index (χ4n) is 3.90. The molecule has 1 unspecified atom stereocenters. The number of aryl methyl sites for hydroxylation is 1. The summed E-state index contributed by atoms with van der Waals surface area (Å²) in [5, 5.41) is 3.96. The number of benzene rings is 3. The van der Waals surface area contributed by atoms with Crippen LogP contribution in [0.4, 0.5) is 0 Å². The summed E-state index contributed by atoms with van der Waals surface area (Å²) in [5.74, 6) is -0.334. The number of carbonyl (C=O) groups excluding carboxylic acids is 2. The zero-order chi connectivity index (χ0) is 25.2. The number of unbranched alkanes of at least 4 members (excludes halogenated alkanes) is 1. The fourth-order valence-corrected chi connectivity index (χ4v) is 4.41. The Bertz CT molecular complexity index is 1100. The molecule has 6 heteroatoms. The molecule has 3 rings (SSSR count). The Balaban J connectivity index is 1.98. The quantitative estimate of drug-likeness (QED) is 0.303. The Morgan fingerprint density at radius 2 is 1.54 bits per heavy atom. The average molecular weight is 511 g/mol. The van der Waals surface area contributed by atoms with Crippen LogP contribution in [-0.2, 0) is 29.0 Å². The van der Waals surface area contributed by atoms with Crippen molar-refractivity contribution < 1.29 is 9.59 Å². The van der Waals surface area contributed by atoms with Gasteiger partial charge in [0.2, 0.25) is 11.8 Å². The van der Waals surface area contributed by atoms with Gasteiger partial charge in [0.15, 0.2) is 0 Å². The van der Waals surface area contributed by atoms with Crippen molar-refractivity contribution >= 4 is 35.0 Å². The van der Waals surface area contributed by atoms with Crippen LogP contribution in [0, 0.1) is 6.92 Å². The lowest BCUT2D eigenvalue weighted by molar-refractivity contribution is -0.140. The standard InChI is InChI=1S/C29H32Cl2N2O2/c1-3-4-17-32-29(35)27(18-22-9-6-5-7-10-22)33(20-24-25(30)11-8-12-26(24)31)28(34)19-23-15-13-21(2)14-16-23/h5-16,27H,3-4,17-20H2,1-2H3,(H,32,35). The maximum absolute atomic E-state index is 13.8. The van der Waals surface area contributed by atoms with E-state index in [-0.39, 0.29) is 24.8 Å². The number of amides is 2. The van der Waals surface area contributed by atoms with Crippen molar-refractivity contribution in [3.63, 3.8) is 0 Å². The third-order valence-electron chi connectivity index (χ3n) is 5.97. The Labute approximate surface area is 218 Å². The summed E-state index contributed by atoms with van der Waals surface area (Å²) in [6.07, 6.45) is 2.41. The topological polar surface area (TPSA) is 49.4 Å². The van der Waals surface area contributed by atoms with Crippen LogP contribution < -0.4 is 5.32 Å². The molecule has 0 saturated heterocycles. The third-order valence-corrected chi connectivity index (χ3v) is 6.67. The first kappa shape index (κ1) is 26.8. The molecule has 0 aromatic heterocycles. The van der Waals surface area contributed by atoms with E-state index in [2.05, 4.69) is 12.2 Å². The maximum Gasteiger partial charge on any atom is 0.243 e. The molecule has 1 N–H and O–H groups in total. The maximum atomic E-state index is 13.8. The molecule has 0 aliphatic heterocycles. The van der Waals surface area contributed by atoms with Crippen LogP contribution in [0.25, 0.3) is 0 Å². The minimum absolute atomic E-state index is 0.141. The molecule has 1 atom stereocenters. The molecule has 4 nitrogen and oxygen atoms in total. The number of halogens is 2. The molecule has 184 valence electrons. The summed E-state index contributed by atoms with van der Waals surface area (Å²) >= 11 is 13.0. The Morgan fingerprint density at radius 1 is 0.886 bits per heavy atom. The summed E-state index contributed by atoms with van der Waals surface area (Å²) in [4.78, 5) is 28.8. The Morgan fingerprint density at radius 3 is 2.17 bits per heavy atom. The van der Waals surface area contributed by atoms with Crippen LogP contribution in [0.5, 0.6) is 0 Å². The van der Waals surface area contributed by atoms with Crippen LogP contribution in [0.15, 0.2) is 72.8 Å². The van der Waals surface area contributed by atoms with E-state index in [1.807, 2.05) is 61.5 Å². The molecular weight excluding hydrogens is 479 g/mol. The summed E-state index contributed by atoms with van der Waals surface area (Å²) in [6.45, 7) is 4.79. The van der Waals surface area contributed by atoms with Gasteiger partial charge in [-0.15, -0.1) is 0 Å². The van der Waals surface area contributed by atoms with Crippen molar-refractivity contribution in [2.75, 3.05) is 6.54 Å². The number of carbonyl (C=O) groups is 2. The molecule has 0 spiro atoms. The highest BCUT2D eigenvalue weighted by Gasteiger charge is 2.31. The van der Waals surface area contributed by atoms with Gasteiger partial charge in [0, 0.05) is 35.1 Å². The molecular formula is C29H32Cl2N2O2. The minimum atomic E-state index is -0.709. The van der Waals surface area contributed by atoms with Gasteiger partial charge in [-0.1, -0.05) is 103 Å². The molecule has 35 heavy (non-hydrogen) atoms. The average Bonchev–Trinajstić information content (AvgIpc) is 2.85. The van der Waals surface area contributed by atoms with Crippen molar-refractivity contribution in [2.24, 2.45) is 0 Å². The van der Waals surface area contributed by atoms with Gasteiger partial charge in [-0.3, -0.25) is 9.59 Å². The highest BCUT2D eigenvalue weighted by atomic mass is 35.5. The van der Waals surface area contributed by atoms with Gasteiger partial charge in [0.25, 0.3) is 0 Å². The summed E-state index contributed by atoms with van der Waals surface area (Å²) < 4.78 is 0. The number of nitrogens with one attached hydrogen (secondary N) is 1. The van der Waals surface area contributed by atoms with E-state index < -0.39 is 6.04 Å². The van der Waals surface area contributed by atoms with Crippen LogP contribution in [0.1, 0.15) is 42.0 Å². The van der Waals surface area contributed by atoms with Crippen molar-refractivity contribution in [2.45, 2.75) is 52.1 Å². The van der Waals surface area contributed by atoms with E-state index in [0.717, 1.165) is 29.5 Å². The summed E-state index contributed by atoms with van der Waals surface area (Å²) in [7, 11) is 0. The van der Waals surface area contributed by atoms with E-state index >= 15 is 0 Å². The molecule has 3 aromatic rings.